The van der Waals surface area contributed by atoms with Gasteiger partial charge in [-0.3, -0.25) is 14.4 Å². The molecule has 2 aromatic rings. The third-order valence-electron chi connectivity index (χ3n) is 4.78. The van der Waals surface area contributed by atoms with Crippen molar-refractivity contribution in [3.63, 3.8) is 0 Å². The van der Waals surface area contributed by atoms with Crippen molar-refractivity contribution in [1.29, 1.82) is 0 Å². The first-order chi connectivity index (χ1) is 15.9. The van der Waals surface area contributed by atoms with Crippen LogP contribution in [-0.2, 0) is 14.3 Å². The van der Waals surface area contributed by atoms with Gasteiger partial charge in [-0.05, 0) is 50.1 Å². The zero-order valence-electron chi connectivity index (χ0n) is 17.8. The Hall–Kier alpha value is -2.46. The second-order valence-corrected chi connectivity index (χ2v) is 9.99. The lowest BCUT2D eigenvalue weighted by molar-refractivity contribution is -0.124. The zero-order valence-corrected chi connectivity index (χ0v) is 20.1. The molecule has 3 N–H and O–H groups in total. The molecule has 1 saturated heterocycles. The highest BCUT2D eigenvalue weighted by atomic mass is 35.5. The summed E-state index contributed by atoms with van der Waals surface area (Å²) in [7, 11) is 0. The summed E-state index contributed by atoms with van der Waals surface area (Å²) in [6.45, 7) is 1.83. The molecule has 1 aliphatic rings. The molecule has 7 nitrogen and oxygen atoms in total. The maximum atomic E-state index is 14.9. The molecule has 1 heterocycles. The summed E-state index contributed by atoms with van der Waals surface area (Å²) in [5.74, 6) is -4.21. The third-order valence-corrected chi connectivity index (χ3v) is 5.37. The molecule has 0 aliphatic carbocycles. The lowest BCUT2D eigenvalue weighted by Gasteiger charge is -2.15. The molecule has 2 aromatic carbocycles. The van der Waals surface area contributed by atoms with Crippen LogP contribution in [0.2, 0.25) is 5.02 Å². The summed E-state index contributed by atoms with van der Waals surface area (Å²) in [6.07, 6.45) is 0.0911. The number of hydrogen-bond acceptors (Lipinski definition) is 4. The minimum Gasteiger partial charge on any atom is -0.368 e. The van der Waals surface area contributed by atoms with E-state index in [0.717, 1.165) is 12.1 Å². The summed E-state index contributed by atoms with van der Waals surface area (Å²) in [6, 6.07) is 5.99. The number of nitrogens with one attached hydrogen (secondary N) is 3. The summed E-state index contributed by atoms with van der Waals surface area (Å²) in [5.41, 5.74) is -0.968. The fourth-order valence-electron chi connectivity index (χ4n) is 3.21. The normalized spacial score (nSPS) is 15.6. The molecule has 34 heavy (non-hydrogen) atoms. The lowest BCUT2D eigenvalue weighted by atomic mass is 10.1. The number of ether oxygens (including phenoxy) is 1. The standard InChI is InChI=1S/C22H20Cl3F2N3O4/c1-22(24,25)10-17(31)28-11-4-5-13(23)12(9-11)20(32)29-15-7-6-14(26)19(18(15)27)30-21(33)16-3-2-8-34-16/h4-7,9,16H,2-3,8,10H2,1H3,(H,28,31)(H,29,32)(H,30,33). The molecule has 0 bridgehead atoms. The monoisotopic (exact) mass is 533 g/mol. The van der Waals surface area contributed by atoms with Crippen LogP contribution < -0.4 is 16.0 Å². The summed E-state index contributed by atoms with van der Waals surface area (Å²) < 4.78 is 33.1. The van der Waals surface area contributed by atoms with Crippen LogP contribution in [0.5, 0.6) is 0 Å². The Labute approximate surface area is 209 Å². The number of carbonyl (C=O) groups is 3. The van der Waals surface area contributed by atoms with Gasteiger partial charge in [0.15, 0.2) is 5.82 Å². The van der Waals surface area contributed by atoms with Crippen molar-refractivity contribution in [2.45, 2.75) is 36.6 Å². The van der Waals surface area contributed by atoms with Gasteiger partial charge in [-0.1, -0.05) is 11.6 Å². The highest BCUT2D eigenvalue weighted by Crippen LogP contribution is 2.29. The van der Waals surface area contributed by atoms with Gasteiger partial charge in [0.2, 0.25) is 5.91 Å². The second kappa shape index (κ2) is 10.9. The van der Waals surface area contributed by atoms with Gasteiger partial charge in [-0.2, -0.15) is 0 Å². The van der Waals surface area contributed by atoms with Crippen molar-refractivity contribution < 1.29 is 27.9 Å². The maximum Gasteiger partial charge on any atom is 0.257 e. The van der Waals surface area contributed by atoms with Crippen LogP contribution in [0.1, 0.15) is 36.5 Å². The van der Waals surface area contributed by atoms with Crippen LogP contribution in [-0.4, -0.2) is 34.8 Å². The number of halogens is 5. The third kappa shape index (κ3) is 6.79. The van der Waals surface area contributed by atoms with Crippen molar-refractivity contribution in [1.82, 2.24) is 0 Å². The van der Waals surface area contributed by atoms with E-state index in [9.17, 15) is 23.2 Å². The smallest absolute Gasteiger partial charge is 0.257 e. The maximum absolute atomic E-state index is 14.9. The Balaban J connectivity index is 1.77. The van der Waals surface area contributed by atoms with E-state index in [-0.39, 0.29) is 28.4 Å². The first-order valence-corrected chi connectivity index (χ1v) is 11.3. The largest absolute Gasteiger partial charge is 0.368 e. The van der Waals surface area contributed by atoms with E-state index < -0.39 is 45.5 Å². The van der Waals surface area contributed by atoms with Gasteiger partial charge in [-0.25, -0.2) is 8.78 Å². The first-order valence-electron chi connectivity index (χ1n) is 10.1. The lowest BCUT2D eigenvalue weighted by Crippen LogP contribution is -2.28. The van der Waals surface area contributed by atoms with Crippen LogP contribution >= 0.6 is 34.8 Å². The van der Waals surface area contributed by atoms with Gasteiger partial charge in [0.25, 0.3) is 11.8 Å². The average Bonchev–Trinajstić information content (AvgIpc) is 3.28. The zero-order chi connectivity index (χ0) is 25.0. The van der Waals surface area contributed by atoms with Crippen LogP contribution in [0, 0.1) is 11.6 Å². The van der Waals surface area contributed by atoms with Crippen LogP contribution in [0.3, 0.4) is 0 Å². The molecule has 3 amide bonds. The van der Waals surface area contributed by atoms with Crippen molar-refractivity contribution in [2.24, 2.45) is 0 Å². The van der Waals surface area contributed by atoms with Crippen molar-refractivity contribution >= 4 is 69.6 Å². The van der Waals surface area contributed by atoms with Gasteiger partial charge in [-0.15, -0.1) is 23.2 Å². The molecule has 182 valence electrons. The molecule has 0 spiro atoms. The van der Waals surface area contributed by atoms with Gasteiger partial charge < -0.3 is 20.7 Å². The number of alkyl halides is 2. The topological polar surface area (TPSA) is 96.5 Å². The number of hydrogen-bond donors (Lipinski definition) is 3. The average molecular weight is 535 g/mol. The predicted octanol–water partition coefficient (Wildman–Crippen LogP) is 5.51. The van der Waals surface area contributed by atoms with E-state index in [1.807, 2.05) is 0 Å². The first kappa shape index (κ1) is 26.2. The molecule has 3 rings (SSSR count). The quantitative estimate of drug-likeness (QED) is 0.408. The molecule has 0 saturated carbocycles. The van der Waals surface area contributed by atoms with Gasteiger partial charge in [0, 0.05) is 12.3 Å². The molecule has 0 aromatic heterocycles. The molecule has 0 radical (unpaired) electrons. The Morgan fingerprint density at radius 3 is 2.50 bits per heavy atom. The molecular formula is C22H20Cl3F2N3O4. The Kier molecular flexibility index (Phi) is 8.35. The number of carbonyl (C=O) groups excluding carboxylic acids is 3. The number of benzene rings is 2. The van der Waals surface area contributed by atoms with E-state index in [2.05, 4.69) is 16.0 Å². The SMILES string of the molecule is CC(Cl)(Cl)CC(=O)Nc1ccc(Cl)c(C(=O)Nc2ccc(F)c(NC(=O)C3CCCO3)c2F)c1. The number of anilines is 3. The molecular weight excluding hydrogens is 515 g/mol. The van der Waals surface area contributed by atoms with Gasteiger partial charge in [0.1, 0.15) is 21.9 Å². The number of amides is 3. The molecule has 12 heteroatoms. The van der Waals surface area contributed by atoms with E-state index >= 15 is 0 Å². The van der Waals surface area contributed by atoms with Gasteiger partial charge >= 0.3 is 0 Å². The Morgan fingerprint density at radius 1 is 1.12 bits per heavy atom. The van der Waals surface area contributed by atoms with E-state index in [1.165, 1.54) is 25.1 Å². The Morgan fingerprint density at radius 2 is 1.85 bits per heavy atom. The fraction of sp³-hybridized carbons (Fsp3) is 0.318. The summed E-state index contributed by atoms with van der Waals surface area (Å²) >= 11 is 17.7. The minimum absolute atomic E-state index is 0.0180. The Bertz CT molecular complexity index is 1120. The van der Waals surface area contributed by atoms with Crippen LogP contribution in [0.25, 0.3) is 0 Å². The second-order valence-electron chi connectivity index (χ2n) is 7.72. The van der Waals surface area contributed by atoms with Crippen LogP contribution in [0.15, 0.2) is 30.3 Å². The van der Waals surface area contributed by atoms with Crippen molar-refractivity contribution in [3.05, 3.63) is 52.6 Å². The van der Waals surface area contributed by atoms with Crippen molar-refractivity contribution in [2.75, 3.05) is 22.6 Å². The molecule has 1 fully saturated rings. The molecule has 1 aliphatic heterocycles. The minimum atomic E-state index is -1.28. The van der Waals surface area contributed by atoms with E-state index in [0.29, 0.717) is 19.4 Å². The highest BCUT2D eigenvalue weighted by Gasteiger charge is 2.27. The van der Waals surface area contributed by atoms with E-state index in [1.54, 1.807) is 0 Å². The van der Waals surface area contributed by atoms with Crippen molar-refractivity contribution in [3.8, 4) is 0 Å². The molecule has 1 atom stereocenters. The summed E-state index contributed by atoms with van der Waals surface area (Å²) in [4.78, 5) is 37.0. The highest BCUT2D eigenvalue weighted by molar-refractivity contribution is 6.49. The summed E-state index contributed by atoms with van der Waals surface area (Å²) in [5, 5.41) is 7.02. The predicted molar refractivity (Wildman–Crippen MR) is 127 cm³/mol. The van der Waals surface area contributed by atoms with Crippen LogP contribution in [0.4, 0.5) is 25.8 Å². The fourth-order valence-corrected chi connectivity index (χ4v) is 3.65. The number of rotatable bonds is 7. The molecule has 1 unspecified atom stereocenters. The van der Waals surface area contributed by atoms with E-state index in [4.69, 9.17) is 39.5 Å². The van der Waals surface area contributed by atoms with Gasteiger partial charge in [0.05, 0.1) is 22.7 Å².